The van der Waals surface area contributed by atoms with E-state index in [-0.39, 0.29) is 12.1 Å². The number of hydrogen-bond acceptors (Lipinski definition) is 8. The second-order valence-corrected chi connectivity index (χ2v) is 6.14. The molecule has 0 aromatic heterocycles. The van der Waals surface area contributed by atoms with Crippen LogP contribution in [0.4, 0.5) is 0 Å². The Morgan fingerprint density at radius 3 is 2.16 bits per heavy atom. The van der Waals surface area contributed by atoms with Crippen molar-refractivity contribution in [3.05, 3.63) is 47.5 Å². The van der Waals surface area contributed by atoms with Crippen LogP contribution in [0.15, 0.2) is 41.5 Å². The first-order chi connectivity index (χ1) is 15.4. The highest BCUT2D eigenvalue weighted by Gasteiger charge is 2.17. The molecule has 0 aliphatic heterocycles. The molecular formula is C21H23N3O8. The number of benzene rings is 2. The zero-order chi connectivity index (χ0) is 23.5. The summed E-state index contributed by atoms with van der Waals surface area (Å²) in [7, 11) is 4.31. The van der Waals surface area contributed by atoms with Crippen molar-refractivity contribution in [1.29, 1.82) is 0 Å². The lowest BCUT2D eigenvalue weighted by Gasteiger charge is -2.14. The zero-order valence-electron chi connectivity index (χ0n) is 17.7. The van der Waals surface area contributed by atoms with E-state index in [1.165, 1.54) is 39.7 Å². The van der Waals surface area contributed by atoms with E-state index in [9.17, 15) is 14.4 Å². The lowest BCUT2D eigenvalue weighted by molar-refractivity contribution is -0.139. The minimum Gasteiger partial charge on any atom is -0.493 e. The third-order valence-electron chi connectivity index (χ3n) is 3.98. The molecule has 2 aromatic carbocycles. The van der Waals surface area contributed by atoms with E-state index in [0.29, 0.717) is 28.6 Å². The smallest absolute Gasteiger partial charge is 0.341 e. The molecule has 2 aromatic rings. The summed E-state index contributed by atoms with van der Waals surface area (Å²) in [5.41, 5.74) is 3.16. The minimum absolute atomic E-state index is 0.223. The molecule has 32 heavy (non-hydrogen) atoms. The summed E-state index contributed by atoms with van der Waals surface area (Å²) in [6, 6.07) is 9.36. The van der Waals surface area contributed by atoms with Crippen LogP contribution < -0.4 is 29.7 Å². The molecule has 2 rings (SSSR count). The van der Waals surface area contributed by atoms with Crippen LogP contribution in [-0.2, 0) is 9.59 Å². The predicted molar refractivity (Wildman–Crippen MR) is 114 cm³/mol. The third-order valence-corrected chi connectivity index (χ3v) is 3.98. The van der Waals surface area contributed by atoms with Gasteiger partial charge in [0.05, 0.1) is 34.1 Å². The van der Waals surface area contributed by atoms with Gasteiger partial charge in [0, 0.05) is 5.56 Å². The zero-order valence-corrected chi connectivity index (χ0v) is 17.7. The third kappa shape index (κ3) is 6.90. The molecule has 0 heterocycles. The molecule has 11 nitrogen and oxygen atoms in total. The number of nitrogens with zero attached hydrogens (tertiary/aromatic N) is 1. The van der Waals surface area contributed by atoms with Crippen molar-refractivity contribution < 1.29 is 38.4 Å². The summed E-state index contributed by atoms with van der Waals surface area (Å²) in [6.07, 6.45) is 1.39. The van der Waals surface area contributed by atoms with Gasteiger partial charge in [-0.2, -0.15) is 5.10 Å². The maximum atomic E-state index is 12.4. The second kappa shape index (κ2) is 11.8. The maximum absolute atomic E-state index is 12.4. The number of carbonyl (C=O) groups excluding carboxylic acids is 2. The first-order valence-corrected chi connectivity index (χ1v) is 9.22. The Hall–Kier alpha value is -4.28. The van der Waals surface area contributed by atoms with Gasteiger partial charge in [-0.25, -0.2) is 10.2 Å². The predicted octanol–water partition coefficient (Wildman–Crippen LogP) is 1.06. The van der Waals surface area contributed by atoms with Crippen LogP contribution in [0.25, 0.3) is 0 Å². The molecule has 0 saturated heterocycles. The Kier molecular flexibility index (Phi) is 8.84. The molecule has 0 aliphatic rings. The number of nitrogens with one attached hydrogen (secondary N) is 2. The number of amides is 2. The summed E-state index contributed by atoms with van der Waals surface area (Å²) < 4.78 is 20.6. The Morgan fingerprint density at radius 2 is 1.62 bits per heavy atom. The minimum atomic E-state index is -1.07. The number of carboxylic acids is 1. The van der Waals surface area contributed by atoms with Crippen LogP contribution in [0, 0.1) is 0 Å². The van der Waals surface area contributed by atoms with Gasteiger partial charge in [-0.15, -0.1) is 0 Å². The highest BCUT2D eigenvalue weighted by molar-refractivity contribution is 5.97. The van der Waals surface area contributed by atoms with Crippen molar-refractivity contribution in [2.24, 2.45) is 5.10 Å². The molecular weight excluding hydrogens is 422 g/mol. The van der Waals surface area contributed by atoms with Gasteiger partial charge >= 0.3 is 5.97 Å². The Balaban J connectivity index is 1.87. The first kappa shape index (κ1) is 24.0. The van der Waals surface area contributed by atoms with E-state index in [1.54, 1.807) is 24.3 Å². The van der Waals surface area contributed by atoms with E-state index in [2.05, 4.69) is 15.8 Å². The van der Waals surface area contributed by atoms with Crippen molar-refractivity contribution in [3.8, 4) is 23.0 Å². The molecule has 0 atom stereocenters. The number of ether oxygens (including phenoxy) is 4. The average molecular weight is 445 g/mol. The highest BCUT2D eigenvalue weighted by Crippen LogP contribution is 2.38. The Morgan fingerprint density at radius 1 is 1.00 bits per heavy atom. The van der Waals surface area contributed by atoms with E-state index < -0.39 is 24.4 Å². The largest absolute Gasteiger partial charge is 0.493 e. The van der Waals surface area contributed by atoms with E-state index in [4.69, 9.17) is 24.1 Å². The first-order valence-electron chi connectivity index (χ1n) is 9.22. The van der Waals surface area contributed by atoms with Gasteiger partial charge in [-0.3, -0.25) is 9.59 Å². The molecule has 0 radical (unpaired) electrons. The number of rotatable bonds is 11. The molecule has 0 unspecified atom stereocenters. The molecule has 0 saturated carbocycles. The highest BCUT2D eigenvalue weighted by atomic mass is 16.5. The molecule has 11 heteroatoms. The Labute approximate surface area is 183 Å². The molecule has 0 fully saturated rings. The van der Waals surface area contributed by atoms with Crippen LogP contribution >= 0.6 is 0 Å². The van der Waals surface area contributed by atoms with Crippen LogP contribution in [0.5, 0.6) is 23.0 Å². The Bertz CT molecular complexity index is 964. The average Bonchev–Trinajstić information content (AvgIpc) is 2.80. The molecule has 0 aliphatic carbocycles. The molecule has 3 N–H and O–H groups in total. The maximum Gasteiger partial charge on any atom is 0.341 e. The summed E-state index contributed by atoms with van der Waals surface area (Å²) in [4.78, 5) is 34.8. The van der Waals surface area contributed by atoms with E-state index in [1.807, 2.05) is 0 Å². The van der Waals surface area contributed by atoms with Crippen LogP contribution in [0.3, 0.4) is 0 Å². The van der Waals surface area contributed by atoms with Crippen molar-refractivity contribution in [2.75, 3.05) is 34.5 Å². The van der Waals surface area contributed by atoms with Crippen LogP contribution in [0.2, 0.25) is 0 Å². The van der Waals surface area contributed by atoms with E-state index in [0.717, 1.165) is 0 Å². The monoisotopic (exact) mass is 445 g/mol. The van der Waals surface area contributed by atoms with Gasteiger partial charge in [0.2, 0.25) is 5.75 Å². The summed E-state index contributed by atoms with van der Waals surface area (Å²) in [5, 5.41) is 14.9. The number of hydrazone groups is 1. The summed E-state index contributed by atoms with van der Waals surface area (Å²) in [6.45, 7) is -0.750. The number of carboxylic acid groups (broad SMARTS) is 1. The SMILES string of the molecule is COc1cc(C(=O)NCC(=O)NN=Cc2ccc(OCC(=O)O)cc2)cc(OC)c1OC. The van der Waals surface area contributed by atoms with Gasteiger partial charge in [0.1, 0.15) is 5.75 Å². The number of hydrogen-bond donors (Lipinski definition) is 3. The lowest BCUT2D eigenvalue weighted by atomic mass is 10.1. The fourth-order valence-corrected chi connectivity index (χ4v) is 2.49. The molecule has 0 bridgehead atoms. The number of carbonyl (C=O) groups is 3. The molecule has 0 spiro atoms. The van der Waals surface area contributed by atoms with Gasteiger partial charge < -0.3 is 29.4 Å². The van der Waals surface area contributed by atoms with Crippen molar-refractivity contribution in [2.45, 2.75) is 0 Å². The van der Waals surface area contributed by atoms with Crippen LogP contribution in [0.1, 0.15) is 15.9 Å². The van der Waals surface area contributed by atoms with E-state index >= 15 is 0 Å². The molecule has 170 valence electrons. The standard InChI is InChI=1S/C21H23N3O8/c1-29-16-8-14(9-17(30-2)20(16)31-3)21(28)22-11-18(25)24-23-10-13-4-6-15(7-5-13)32-12-19(26)27/h4-10H,11-12H2,1-3H3,(H,22,28)(H,24,25)(H,26,27). The summed E-state index contributed by atoms with van der Waals surface area (Å²) >= 11 is 0. The van der Waals surface area contributed by atoms with Gasteiger partial charge in [0.15, 0.2) is 18.1 Å². The fourth-order valence-electron chi connectivity index (χ4n) is 2.49. The number of aliphatic carboxylic acids is 1. The quantitative estimate of drug-likeness (QED) is 0.344. The van der Waals surface area contributed by atoms with Crippen LogP contribution in [-0.4, -0.2) is 63.6 Å². The fraction of sp³-hybridized carbons (Fsp3) is 0.238. The van der Waals surface area contributed by atoms with Gasteiger partial charge in [0.25, 0.3) is 11.8 Å². The van der Waals surface area contributed by atoms with Gasteiger partial charge in [-0.1, -0.05) is 0 Å². The van der Waals surface area contributed by atoms with Crippen molar-refractivity contribution in [3.63, 3.8) is 0 Å². The van der Waals surface area contributed by atoms with Crippen molar-refractivity contribution >= 4 is 24.0 Å². The topological polar surface area (TPSA) is 145 Å². The number of methoxy groups -OCH3 is 3. The summed E-state index contributed by atoms with van der Waals surface area (Å²) in [5.74, 6) is -0.765. The van der Waals surface area contributed by atoms with Gasteiger partial charge in [-0.05, 0) is 42.0 Å². The lowest BCUT2D eigenvalue weighted by Crippen LogP contribution is -2.34. The molecule has 2 amide bonds. The second-order valence-electron chi connectivity index (χ2n) is 6.14. The van der Waals surface area contributed by atoms with Crippen molar-refractivity contribution in [1.82, 2.24) is 10.7 Å². The normalized spacial score (nSPS) is 10.3.